The Balaban J connectivity index is 0. The summed E-state index contributed by atoms with van der Waals surface area (Å²) >= 11 is 0. The van der Waals surface area contributed by atoms with Crippen LogP contribution in [0.5, 0.6) is 0 Å². The molecule has 26 heavy (non-hydrogen) atoms. The van der Waals surface area contributed by atoms with Crippen molar-refractivity contribution < 1.29 is 69.5 Å². The summed E-state index contributed by atoms with van der Waals surface area (Å²) in [5.74, 6) is 0. The van der Waals surface area contributed by atoms with Crippen molar-refractivity contribution in [3.8, 4) is 0 Å². The molecule has 152 valence electrons. The van der Waals surface area contributed by atoms with E-state index >= 15 is 0 Å². The minimum atomic E-state index is -4.13. The van der Waals surface area contributed by atoms with Crippen molar-refractivity contribution in [3.05, 3.63) is 0 Å². The fourth-order valence-corrected chi connectivity index (χ4v) is 4.32. The van der Waals surface area contributed by atoms with Gasteiger partial charge in [-0.25, -0.2) is 8.42 Å². The van der Waals surface area contributed by atoms with E-state index < -0.39 is 15.4 Å². The van der Waals surface area contributed by atoms with Gasteiger partial charge in [-0.2, -0.15) is 0 Å². The van der Waals surface area contributed by atoms with Gasteiger partial charge >= 0.3 is 51.4 Å². The molecule has 0 aromatic rings. The maximum absolute atomic E-state index is 11.1. The third kappa shape index (κ3) is 18.9. The van der Waals surface area contributed by atoms with Crippen LogP contribution >= 0.6 is 0 Å². The Morgan fingerprint density at radius 3 is 1.54 bits per heavy atom. The third-order valence-corrected chi connectivity index (χ3v) is 6.26. The smallest absolute Gasteiger partial charge is 0.748 e. The van der Waals surface area contributed by atoms with Gasteiger partial charge in [0.15, 0.2) is 0 Å². The van der Waals surface area contributed by atoms with Crippen molar-refractivity contribution in [2.45, 2.75) is 128 Å². The van der Waals surface area contributed by atoms with Crippen molar-refractivity contribution in [2.75, 3.05) is 0 Å². The van der Waals surface area contributed by atoms with Crippen molar-refractivity contribution in [3.63, 3.8) is 0 Å². The van der Waals surface area contributed by atoms with Crippen LogP contribution < -0.4 is 51.4 Å². The third-order valence-electron chi connectivity index (χ3n) is 4.97. The minimum absolute atomic E-state index is 0. The summed E-state index contributed by atoms with van der Waals surface area (Å²) in [5.41, 5.74) is 0. The summed E-state index contributed by atoms with van der Waals surface area (Å²) in [4.78, 5) is 0. The first-order valence-corrected chi connectivity index (χ1v) is 12.0. The van der Waals surface area contributed by atoms with Gasteiger partial charge in [-0.3, -0.25) is 0 Å². The number of aliphatic hydroxyl groups excluding tert-OH is 1. The molecule has 0 saturated heterocycles. The first-order valence-electron chi connectivity index (χ1n) is 10.5. The average molecular weight is 417 g/mol. The Bertz CT molecular complexity index is 387. The van der Waals surface area contributed by atoms with E-state index in [4.69, 9.17) is 0 Å². The Morgan fingerprint density at radius 2 is 1.12 bits per heavy atom. The van der Waals surface area contributed by atoms with Crippen LogP contribution in [0.1, 0.15) is 117 Å². The van der Waals surface area contributed by atoms with E-state index in [9.17, 15) is 18.1 Å². The van der Waals surface area contributed by atoms with Crippen molar-refractivity contribution in [2.24, 2.45) is 0 Å². The van der Waals surface area contributed by atoms with Crippen LogP contribution in [0, 0.1) is 0 Å². The Labute approximate surface area is 205 Å². The molecule has 0 spiro atoms. The van der Waals surface area contributed by atoms with E-state index in [0.717, 1.165) is 64.2 Å². The average Bonchev–Trinajstić information content (AvgIpc) is 2.55. The normalized spacial score (nSPS) is 14.0. The molecule has 2 unspecified atom stereocenters. The predicted molar refractivity (Wildman–Crippen MR) is 105 cm³/mol. The molecule has 0 aliphatic carbocycles. The molecule has 1 N–H and O–H groups in total. The molecule has 0 fully saturated rings. The van der Waals surface area contributed by atoms with Gasteiger partial charge in [-0.1, -0.05) is 90.9 Å². The molecule has 0 amide bonds. The van der Waals surface area contributed by atoms with E-state index in [0.29, 0.717) is 12.8 Å². The number of rotatable bonds is 18. The fourth-order valence-electron chi connectivity index (χ4n) is 3.34. The molecule has 0 radical (unpaired) electrons. The maximum Gasteiger partial charge on any atom is 1.00 e. The standard InChI is InChI=1S/C20H42O4S.K/c1-3-5-6-9-12-16-19(21)17-13-10-7-8-11-14-18-20(15-4-2)25(22,23)24;/h19-21H,3-18H2,1-2H3,(H,22,23,24);/q;+1/p-1. The summed E-state index contributed by atoms with van der Waals surface area (Å²) in [6.45, 7) is 4.13. The summed E-state index contributed by atoms with van der Waals surface area (Å²) in [6.07, 6.45) is 15.9. The van der Waals surface area contributed by atoms with Crippen molar-refractivity contribution in [1.29, 1.82) is 0 Å². The molecule has 0 aromatic heterocycles. The zero-order valence-electron chi connectivity index (χ0n) is 17.5. The quantitative estimate of drug-likeness (QED) is 0.212. The molecule has 6 heteroatoms. The van der Waals surface area contributed by atoms with Gasteiger partial charge in [0.2, 0.25) is 0 Å². The minimum Gasteiger partial charge on any atom is -0.748 e. The Morgan fingerprint density at radius 1 is 0.692 bits per heavy atom. The van der Waals surface area contributed by atoms with Crippen LogP contribution in [-0.4, -0.2) is 29.4 Å². The van der Waals surface area contributed by atoms with Crippen LogP contribution in [0.4, 0.5) is 0 Å². The van der Waals surface area contributed by atoms with Crippen LogP contribution in [0.15, 0.2) is 0 Å². The Kier molecular flexibility index (Phi) is 22.6. The van der Waals surface area contributed by atoms with Crippen LogP contribution in [0.2, 0.25) is 0 Å². The predicted octanol–water partition coefficient (Wildman–Crippen LogP) is 2.55. The Hall–Kier alpha value is 1.51. The van der Waals surface area contributed by atoms with E-state index in [-0.39, 0.29) is 57.5 Å². The largest absolute Gasteiger partial charge is 1.00 e. The molecule has 2 atom stereocenters. The molecule has 0 rings (SSSR count). The molecule has 0 aliphatic rings. The van der Waals surface area contributed by atoms with Gasteiger partial charge in [0.1, 0.15) is 0 Å². The molecule has 0 aromatic carbocycles. The summed E-state index contributed by atoms with van der Waals surface area (Å²) < 4.78 is 33.4. The summed E-state index contributed by atoms with van der Waals surface area (Å²) in [6, 6.07) is 0. The SMILES string of the molecule is CCCCCCCC(O)CCCCCCCCC(CCC)S(=O)(=O)[O-].[K+]. The molecule has 0 heterocycles. The van der Waals surface area contributed by atoms with E-state index in [1.807, 2.05) is 6.92 Å². The second-order valence-electron chi connectivity index (χ2n) is 7.46. The van der Waals surface area contributed by atoms with Gasteiger partial charge in [-0.15, -0.1) is 0 Å². The molecule has 0 saturated carbocycles. The van der Waals surface area contributed by atoms with Gasteiger partial charge in [0, 0.05) is 5.25 Å². The van der Waals surface area contributed by atoms with Crippen LogP contribution in [0.25, 0.3) is 0 Å². The van der Waals surface area contributed by atoms with E-state index in [1.54, 1.807) is 0 Å². The second kappa shape index (κ2) is 19.8. The zero-order valence-corrected chi connectivity index (χ0v) is 21.5. The molecule has 0 aliphatic heterocycles. The van der Waals surface area contributed by atoms with Gasteiger partial charge in [0.05, 0.1) is 16.2 Å². The van der Waals surface area contributed by atoms with Gasteiger partial charge in [0.25, 0.3) is 0 Å². The van der Waals surface area contributed by atoms with E-state index in [2.05, 4.69) is 6.92 Å². The van der Waals surface area contributed by atoms with Crippen molar-refractivity contribution >= 4 is 10.1 Å². The maximum atomic E-state index is 11.1. The van der Waals surface area contributed by atoms with E-state index in [1.165, 1.54) is 25.7 Å². The summed E-state index contributed by atoms with van der Waals surface area (Å²) in [7, 11) is -4.13. The topological polar surface area (TPSA) is 77.4 Å². The van der Waals surface area contributed by atoms with Gasteiger partial charge < -0.3 is 9.66 Å². The number of aliphatic hydroxyl groups is 1. The number of hydrogen-bond donors (Lipinski definition) is 1. The first kappa shape index (κ1) is 29.7. The number of hydrogen-bond acceptors (Lipinski definition) is 4. The zero-order chi connectivity index (χ0) is 19.0. The molecular formula is C20H41KO4S. The monoisotopic (exact) mass is 416 g/mol. The van der Waals surface area contributed by atoms with Crippen molar-refractivity contribution in [1.82, 2.24) is 0 Å². The molecular weight excluding hydrogens is 375 g/mol. The fraction of sp³-hybridized carbons (Fsp3) is 1.00. The molecule has 4 nitrogen and oxygen atoms in total. The van der Waals surface area contributed by atoms with Gasteiger partial charge in [-0.05, 0) is 25.7 Å². The second-order valence-corrected chi connectivity index (χ2v) is 9.11. The molecule has 0 bridgehead atoms. The number of unbranched alkanes of at least 4 members (excludes halogenated alkanes) is 9. The first-order chi connectivity index (χ1) is 11.9. The van der Waals surface area contributed by atoms with Crippen LogP contribution in [0.3, 0.4) is 0 Å². The summed E-state index contributed by atoms with van der Waals surface area (Å²) in [5, 5.41) is 9.26. The van der Waals surface area contributed by atoms with Crippen LogP contribution in [-0.2, 0) is 10.1 Å².